The number of carbonyl (C=O) groups is 2. The van der Waals surface area contributed by atoms with Crippen molar-refractivity contribution in [3.05, 3.63) is 91.9 Å². The third-order valence-corrected chi connectivity index (χ3v) is 9.96. The molecule has 3 aromatic rings. The van der Waals surface area contributed by atoms with Gasteiger partial charge in [-0.25, -0.2) is 8.78 Å². The zero-order valence-electron chi connectivity index (χ0n) is 29.4. The van der Waals surface area contributed by atoms with Crippen LogP contribution in [0.1, 0.15) is 85.0 Å². The molecule has 2 bridgehead atoms. The summed E-state index contributed by atoms with van der Waals surface area (Å²) in [5.41, 5.74) is -0.627. The molecule has 5 rings (SSSR count). The van der Waals surface area contributed by atoms with E-state index in [9.17, 15) is 37.1 Å². The highest BCUT2D eigenvalue weighted by Gasteiger charge is 2.39. The molecule has 3 heterocycles. The molecule has 1 aromatic heterocycles. The van der Waals surface area contributed by atoms with Crippen LogP contribution in [0.5, 0.6) is 0 Å². The SMILES string of the molecule is C#Cc1cc(F)c([C@H](CC(=O)O)NC(=O)[C@H](CC(C)C)n2cc(CCN3C4CCC3COC4)c(C(F)(F)F)cc2=O)cc1-c1c(C)cc(F)cc1C. The summed E-state index contributed by atoms with van der Waals surface area (Å²) in [6.07, 6.45) is 2.88. The molecule has 2 fully saturated rings. The monoisotopic (exact) mass is 727 g/mol. The molecule has 0 radical (unpaired) electrons. The van der Waals surface area contributed by atoms with Crippen molar-refractivity contribution in [3.63, 3.8) is 0 Å². The lowest BCUT2D eigenvalue weighted by Crippen LogP contribution is -2.46. The van der Waals surface area contributed by atoms with Gasteiger partial charge in [0.2, 0.25) is 5.91 Å². The molecule has 0 spiro atoms. The second-order valence-corrected chi connectivity index (χ2v) is 14.1. The maximum absolute atomic E-state index is 15.8. The molecule has 0 aliphatic carbocycles. The highest BCUT2D eigenvalue weighted by Crippen LogP contribution is 2.36. The smallest absolute Gasteiger partial charge is 0.416 e. The highest BCUT2D eigenvalue weighted by atomic mass is 19.4. The summed E-state index contributed by atoms with van der Waals surface area (Å²) in [4.78, 5) is 41.7. The molecule has 8 nitrogen and oxygen atoms in total. The number of aryl methyl sites for hydroxylation is 2. The average Bonchev–Trinajstić information content (AvgIpc) is 3.26. The molecule has 13 heteroatoms. The summed E-state index contributed by atoms with van der Waals surface area (Å²) in [6.45, 7) is 8.09. The predicted molar refractivity (Wildman–Crippen MR) is 185 cm³/mol. The van der Waals surface area contributed by atoms with E-state index in [0.717, 1.165) is 29.7 Å². The fourth-order valence-corrected chi connectivity index (χ4v) is 7.62. The van der Waals surface area contributed by atoms with Gasteiger partial charge in [-0.05, 0) is 97.5 Å². The number of rotatable bonds is 12. The maximum Gasteiger partial charge on any atom is 0.416 e. The number of nitrogens with one attached hydrogen (secondary N) is 1. The first-order chi connectivity index (χ1) is 24.5. The van der Waals surface area contributed by atoms with Crippen LogP contribution in [-0.4, -0.2) is 58.3 Å². The van der Waals surface area contributed by atoms with Crippen molar-refractivity contribution in [2.75, 3.05) is 19.8 Å². The number of hydrogen-bond donors (Lipinski definition) is 2. The molecule has 2 saturated heterocycles. The zero-order chi connectivity index (χ0) is 38.1. The van der Waals surface area contributed by atoms with Gasteiger partial charge in [0.15, 0.2) is 0 Å². The van der Waals surface area contributed by atoms with Gasteiger partial charge in [-0.15, -0.1) is 6.42 Å². The number of aromatic nitrogens is 1. The quantitative estimate of drug-likeness (QED) is 0.159. The minimum absolute atomic E-state index is 0.00167. The predicted octanol–water partition coefficient (Wildman–Crippen LogP) is 6.74. The minimum Gasteiger partial charge on any atom is -0.481 e. The minimum atomic E-state index is -4.83. The topological polar surface area (TPSA) is 101 Å². The van der Waals surface area contributed by atoms with Crippen LogP contribution in [0.3, 0.4) is 0 Å². The standard InChI is InChI=1S/C39H42F5N3O5/c1-6-24-14-32(41)30(15-29(24)37-22(4)12-26(40)13-23(37)5)33(17-36(49)50)45-38(51)34(11-21(2)3)47-18-25(31(16-35(47)48)39(42,43)44)9-10-46-27-7-8-28(46)20-52-19-27/h1,12-16,18,21,27-28,33-34H,7-11,17,19-20H2,2-5H3,(H,45,51)(H,49,50)/t27?,28?,33-,34-/m0/s1. The maximum atomic E-state index is 15.8. The number of fused-ring (bicyclic) bond motifs is 2. The lowest BCUT2D eigenvalue weighted by Gasteiger charge is -2.34. The third kappa shape index (κ3) is 8.40. The van der Waals surface area contributed by atoms with Gasteiger partial charge in [0.05, 0.1) is 31.2 Å². The van der Waals surface area contributed by atoms with Gasteiger partial charge in [0.25, 0.3) is 5.56 Å². The van der Waals surface area contributed by atoms with E-state index in [4.69, 9.17) is 11.2 Å². The number of hydrogen-bond acceptors (Lipinski definition) is 5. The van der Waals surface area contributed by atoms with Crippen LogP contribution < -0.4 is 10.9 Å². The number of alkyl halides is 3. The Kier molecular flexibility index (Phi) is 11.6. The summed E-state index contributed by atoms with van der Waals surface area (Å²) in [5.74, 6) is -1.49. The first kappa shape index (κ1) is 38.7. The Morgan fingerprint density at radius 3 is 2.25 bits per heavy atom. The van der Waals surface area contributed by atoms with Crippen molar-refractivity contribution in [3.8, 4) is 23.5 Å². The number of carboxylic acid groups (broad SMARTS) is 1. The molecular formula is C39H42F5N3O5. The van der Waals surface area contributed by atoms with Gasteiger partial charge in [-0.3, -0.25) is 19.3 Å². The number of carbonyl (C=O) groups excluding carboxylic acids is 1. The van der Waals surface area contributed by atoms with Crippen molar-refractivity contribution >= 4 is 11.9 Å². The van der Waals surface area contributed by atoms with Gasteiger partial charge in [-0.2, -0.15) is 13.2 Å². The van der Waals surface area contributed by atoms with E-state index in [1.54, 1.807) is 27.7 Å². The van der Waals surface area contributed by atoms with Crippen LogP contribution in [0.4, 0.5) is 22.0 Å². The number of terminal acetylenes is 1. The first-order valence-corrected chi connectivity index (χ1v) is 17.2. The number of pyridine rings is 1. The number of amides is 1. The fourth-order valence-electron chi connectivity index (χ4n) is 7.62. The number of benzene rings is 2. The Bertz CT molecular complexity index is 1910. The van der Waals surface area contributed by atoms with Crippen LogP contribution in [0.25, 0.3) is 11.1 Å². The normalized spacial score (nSPS) is 18.6. The number of carboxylic acids is 1. The van der Waals surface area contributed by atoms with E-state index < -0.39 is 59.3 Å². The Hall–Kier alpha value is -4.54. The molecule has 278 valence electrons. The van der Waals surface area contributed by atoms with Crippen LogP contribution in [0.2, 0.25) is 0 Å². The lowest BCUT2D eigenvalue weighted by molar-refractivity contribution is -0.139. The lowest BCUT2D eigenvalue weighted by atomic mass is 9.88. The van der Waals surface area contributed by atoms with Crippen molar-refractivity contribution in [1.29, 1.82) is 0 Å². The average molecular weight is 728 g/mol. The van der Waals surface area contributed by atoms with E-state index in [1.807, 2.05) is 0 Å². The summed E-state index contributed by atoms with van der Waals surface area (Å²) < 4.78 is 79.3. The van der Waals surface area contributed by atoms with Crippen molar-refractivity contribution in [2.24, 2.45) is 5.92 Å². The Morgan fingerprint density at radius 2 is 1.69 bits per heavy atom. The van der Waals surface area contributed by atoms with E-state index in [0.29, 0.717) is 48.1 Å². The Morgan fingerprint density at radius 1 is 1.06 bits per heavy atom. The number of aliphatic carboxylic acids is 1. The molecule has 0 saturated carbocycles. The second-order valence-electron chi connectivity index (χ2n) is 14.1. The fraction of sp³-hybridized carbons (Fsp3) is 0.462. The van der Waals surface area contributed by atoms with Gasteiger partial charge in [-0.1, -0.05) is 19.8 Å². The molecule has 2 unspecified atom stereocenters. The molecule has 2 N–H and O–H groups in total. The third-order valence-electron chi connectivity index (χ3n) is 9.96. The van der Waals surface area contributed by atoms with E-state index in [-0.39, 0.29) is 47.5 Å². The number of morpholine rings is 1. The molecule has 2 aliphatic rings. The summed E-state index contributed by atoms with van der Waals surface area (Å²) in [6, 6.07) is 2.76. The van der Waals surface area contributed by atoms with Crippen molar-refractivity contribution < 1.29 is 41.4 Å². The summed E-state index contributed by atoms with van der Waals surface area (Å²) in [5, 5.41) is 12.4. The molecule has 1 amide bonds. The Balaban J connectivity index is 1.54. The highest BCUT2D eigenvalue weighted by molar-refractivity contribution is 5.82. The number of nitrogens with zero attached hydrogens (tertiary/aromatic N) is 2. The first-order valence-electron chi connectivity index (χ1n) is 17.2. The van der Waals surface area contributed by atoms with Crippen LogP contribution in [0, 0.1) is 43.7 Å². The van der Waals surface area contributed by atoms with Crippen molar-refractivity contribution in [1.82, 2.24) is 14.8 Å². The molecule has 52 heavy (non-hydrogen) atoms. The van der Waals surface area contributed by atoms with E-state index >= 15 is 4.39 Å². The second kappa shape index (κ2) is 15.6. The molecule has 2 aliphatic heterocycles. The molecular weight excluding hydrogens is 685 g/mol. The van der Waals surface area contributed by atoms with Gasteiger partial charge >= 0.3 is 12.1 Å². The van der Waals surface area contributed by atoms with Gasteiger partial charge in [0, 0.05) is 42.0 Å². The van der Waals surface area contributed by atoms with E-state index in [2.05, 4.69) is 16.1 Å². The van der Waals surface area contributed by atoms with E-state index in [1.165, 1.54) is 18.2 Å². The van der Waals surface area contributed by atoms with Gasteiger partial charge < -0.3 is 19.7 Å². The number of ether oxygens (including phenoxy) is 1. The molecule has 2 aromatic carbocycles. The van der Waals surface area contributed by atoms with Crippen LogP contribution >= 0.6 is 0 Å². The van der Waals surface area contributed by atoms with Gasteiger partial charge in [0.1, 0.15) is 17.7 Å². The summed E-state index contributed by atoms with van der Waals surface area (Å²) in [7, 11) is 0. The van der Waals surface area contributed by atoms with Crippen molar-refractivity contribution in [2.45, 2.75) is 90.1 Å². The largest absolute Gasteiger partial charge is 0.481 e. The van der Waals surface area contributed by atoms with Crippen LogP contribution in [0.15, 0.2) is 41.3 Å². The number of halogens is 5. The summed E-state index contributed by atoms with van der Waals surface area (Å²) >= 11 is 0. The van der Waals surface area contributed by atoms with Crippen LogP contribution in [-0.2, 0) is 26.9 Å². The zero-order valence-corrected chi connectivity index (χ0v) is 29.4. The molecule has 4 atom stereocenters. The Labute approximate surface area is 299 Å².